The van der Waals surface area contributed by atoms with Crippen LogP contribution in [0.2, 0.25) is 0 Å². The van der Waals surface area contributed by atoms with Crippen LogP contribution >= 0.6 is 0 Å². The molecule has 3 rings (SSSR count). The number of nitrogens with two attached hydrogens (primary N) is 1. The highest BCUT2D eigenvalue weighted by atomic mass is 15.1. The molecule has 1 aromatic carbocycles. The van der Waals surface area contributed by atoms with Crippen LogP contribution in [-0.2, 0) is 6.54 Å². The first kappa shape index (κ1) is 15.0. The zero-order valence-corrected chi connectivity index (χ0v) is 13.0. The lowest BCUT2D eigenvalue weighted by Crippen LogP contribution is -2.47. The zero-order valence-electron chi connectivity index (χ0n) is 13.0. The van der Waals surface area contributed by atoms with Crippen LogP contribution in [0.25, 0.3) is 0 Å². The molecule has 1 aliphatic carbocycles. The first-order valence-electron chi connectivity index (χ1n) is 8.57. The summed E-state index contributed by atoms with van der Waals surface area (Å²) in [7, 11) is 0. The number of piperidine rings is 1. The van der Waals surface area contributed by atoms with Crippen LogP contribution in [0.5, 0.6) is 0 Å². The van der Waals surface area contributed by atoms with Gasteiger partial charge in [-0.1, -0.05) is 30.3 Å². The molecule has 3 heteroatoms. The van der Waals surface area contributed by atoms with Gasteiger partial charge in [-0.05, 0) is 57.2 Å². The molecule has 0 bridgehead atoms. The highest BCUT2D eigenvalue weighted by Gasteiger charge is 2.24. The van der Waals surface area contributed by atoms with Crippen molar-refractivity contribution in [3.63, 3.8) is 0 Å². The van der Waals surface area contributed by atoms with E-state index in [0.717, 1.165) is 18.6 Å². The van der Waals surface area contributed by atoms with Crippen LogP contribution in [0.1, 0.15) is 44.1 Å². The van der Waals surface area contributed by atoms with Gasteiger partial charge in [-0.3, -0.25) is 4.90 Å². The first-order valence-corrected chi connectivity index (χ1v) is 8.57. The molecule has 1 saturated heterocycles. The van der Waals surface area contributed by atoms with Crippen LogP contribution in [-0.4, -0.2) is 36.1 Å². The summed E-state index contributed by atoms with van der Waals surface area (Å²) >= 11 is 0. The highest BCUT2D eigenvalue weighted by molar-refractivity contribution is 5.14. The molecular weight excluding hydrogens is 258 g/mol. The van der Waals surface area contributed by atoms with E-state index >= 15 is 0 Å². The molecule has 1 aromatic rings. The second-order valence-corrected chi connectivity index (χ2v) is 6.81. The Morgan fingerprint density at radius 1 is 0.905 bits per heavy atom. The second-order valence-electron chi connectivity index (χ2n) is 6.81. The van der Waals surface area contributed by atoms with E-state index < -0.39 is 0 Å². The fourth-order valence-corrected chi connectivity index (χ4v) is 3.72. The standard InChI is InChI=1S/C18H29N3/c19-16-6-8-17(9-7-16)20-18-10-12-21(13-11-18)14-15-4-2-1-3-5-15/h1-5,16-18,20H,6-14,19H2. The van der Waals surface area contributed by atoms with Gasteiger partial charge in [0.15, 0.2) is 0 Å². The average molecular weight is 287 g/mol. The quantitative estimate of drug-likeness (QED) is 0.894. The van der Waals surface area contributed by atoms with Crippen molar-refractivity contribution in [2.75, 3.05) is 13.1 Å². The molecule has 21 heavy (non-hydrogen) atoms. The Bertz CT molecular complexity index is 404. The molecule has 0 amide bonds. The minimum atomic E-state index is 0.454. The molecule has 2 fully saturated rings. The summed E-state index contributed by atoms with van der Waals surface area (Å²) in [6, 6.07) is 12.7. The van der Waals surface area contributed by atoms with Gasteiger partial charge in [0.05, 0.1) is 0 Å². The van der Waals surface area contributed by atoms with Gasteiger partial charge in [-0.25, -0.2) is 0 Å². The number of hydrogen-bond donors (Lipinski definition) is 2. The van der Waals surface area contributed by atoms with E-state index in [9.17, 15) is 0 Å². The summed E-state index contributed by atoms with van der Waals surface area (Å²) in [5, 5.41) is 3.88. The Kier molecular flexibility index (Phi) is 5.28. The Labute approximate surface area is 128 Å². The lowest BCUT2D eigenvalue weighted by Gasteiger charge is -2.36. The molecule has 0 radical (unpaired) electrons. The van der Waals surface area contributed by atoms with Gasteiger partial charge in [0.2, 0.25) is 0 Å². The molecule has 1 heterocycles. The van der Waals surface area contributed by atoms with Crippen LogP contribution in [0, 0.1) is 0 Å². The van der Waals surface area contributed by atoms with Crippen LogP contribution < -0.4 is 11.1 Å². The van der Waals surface area contributed by atoms with Gasteiger partial charge in [-0.2, -0.15) is 0 Å². The van der Waals surface area contributed by atoms with Crippen molar-refractivity contribution < 1.29 is 0 Å². The van der Waals surface area contributed by atoms with Gasteiger partial charge in [0.25, 0.3) is 0 Å². The normalized spacial score (nSPS) is 28.6. The van der Waals surface area contributed by atoms with Gasteiger partial charge < -0.3 is 11.1 Å². The van der Waals surface area contributed by atoms with Gasteiger partial charge in [-0.15, -0.1) is 0 Å². The maximum atomic E-state index is 5.99. The lowest BCUT2D eigenvalue weighted by atomic mass is 9.90. The molecular formula is C18H29N3. The molecule has 3 N–H and O–H groups in total. The topological polar surface area (TPSA) is 41.3 Å². The van der Waals surface area contributed by atoms with Crippen LogP contribution in [0.15, 0.2) is 30.3 Å². The summed E-state index contributed by atoms with van der Waals surface area (Å²) in [5.74, 6) is 0. The maximum absolute atomic E-state index is 5.99. The number of rotatable bonds is 4. The minimum absolute atomic E-state index is 0.454. The molecule has 1 saturated carbocycles. The average Bonchev–Trinajstić information content (AvgIpc) is 2.53. The van der Waals surface area contributed by atoms with Crippen molar-refractivity contribution in [3.05, 3.63) is 35.9 Å². The Morgan fingerprint density at radius 2 is 1.52 bits per heavy atom. The van der Waals surface area contributed by atoms with E-state index in [0.29, 0.717) is 6.04 Å². The van der Waals surface area contributed by atoms with Gasteiger partial charge in [0.1, 0.15) is 0 Å². The van der Waals surface area contributed by atoms with E-state index in [4.69, 9.17) is 5.73 Å². The smallest absolute Gasteiger partial charge is 0.0233 e. The third-order valence-electron chi connectivity index (χ3n) is 5.08. The largest absolute Gasteiger partial charge is 0.328 e. The number of likely N-dealkylation sites (tertiary alicyclic amines) is 1. The predicted molar refractivity (Wildman–Crippen MR) is 88.1 cm³/mol. The van der Waals surface area contributed by atoms with Crippen molar-refractivity contribution in [2.45, 2.75) is 63.2 Å². The molecule has 0 spiro atoms. The first-order chi connectivity index (χ1) is 10.3. The number of hydrogen-bond acceptors (Lipinski definition) is 3. The fourth-order valence-electron chi connectivity index (χ4n) is 3.72. The molecule has 0 aromatic heterocycles. The van der Waals surface area contributed by atoms with Crippen LogP contribution in [0.3, 0.4) is 0 Å². The number of benzene rings is 1. The predicted octanol–water partition coefficient (Wildman–Crippen LogP) is 2.51. The van der Waals surface area contributed by atoms with Gasteiger partial charge in [0, 0.05) is 24.7 Å². The molecule has 1 aliphatic heterocycles. The summed E-state index contributed by atoms with van der Waals surface area (Å²) in [6.07, 6.45) is 7.51. The molecule has 0 unspecified atom stereocenters. The zero-order chi connectivity index (χ0) is 14.5. The van der Waals surface area contributed by atoms with Crippen LogP contribution in [0.4, 0.5) is 0 Å². The summed E-state index contributed by atoms with van der Waals surface area (Å²) in [4.78, 5) is 2.59. The lowest BCUT2D eigenvalue weighted by molar-refractivity contribution is 0.176. The van der Waals surface area contributed by atoms with Gasteiger partial charge >= 0.3 is 0 Å². The third-order valence-corrected chi connectivity index (χ3v) is 5.08. The summed E-state index contributed by atoms with van der Waals surface area (Å²) in [6.45, 7) is 3.55. The second kappa shape index (κ2) is 7.39. The highest BCUT2D eigenvalue weighted by Crippen LogP contribution is 2.20. The van der Waals surface area contributed by atoms with E-state index in [1.807, 2.05) is 0 Å². The molecule has 3 nitrogen and oxygen atoms in total. The van der Waals surface area contributed by atoms with Crippen molar-refractivity contribution in [2.24, 2.45) is 5.73 Å². The van der Waals surface area contributed by atoms with Crippen molar-refractivity contribution >= 4 is 0 Å². The fraction of sp³-hybridized carbons (Fsp3) is 0.667. The Balaban J connectivity index is 1.39. The Hall–Kier alpha value is -0.900. The van der Waals surface area contributed by atoms with E-state index in [1.54, 1.807) is 0 Å². The minimum Gasteiger partial charge on any atom is -0.328 e. The van der Waals surface area contributed by atoms with E-state index in [-0.39, 0.29) is 0 Å². The summed E-state index contributed by atoms with van der Waals surface area (Å²) in [5.41, 5.74) is 7.42. The molecule has 116 valence electrons. The number of nitrogens with one attached hydrogen (secondary N) is 1. The van der Waals surface area contributed by atoms with Crippen molar-refractivity contribution in [3.8, 4) is 0 Å². The van der Waals surface area contributed by atoms with Crippen molar-refractivity contribution in [1.29, 1.82) is 0 Å². The Morgan fingerprint density at radius 3 is 2.19 bits per heavy atom. The van der Waals surface area contributed by atoms with E-state index in [2.05, 4.69) is 40.5 Å². The maximum Gasteiger partial charge on any atom is 0.0233 e. The number of nitrogens with zero attached hydrogens (tertiary/aromatic N) is 1. The molecule has 2 aliphatic rings. The van der Waals surface area contributed by atoms with Crippen molar-refractivity contribution in [1.82, 2.24) is 10.2 Å². The summed E-state index contributed by atoms with van der Waals surface area (Å²) < 4.78 is 0. The third kappa shape index (κ3) is 4.53. The van der Waals surface area contributed by atoms with E-state index in [1.165, 1.54) is 57.2 Å². The molecule has 0 atom stereocenters. The SMILES string of the molecule is NC1CCC(NC2CCN(Cc3ccccc3)CC2)CC1. The monoisotopic (exact) mass is 287 g/mol.